The lowest BCUT2D eigenvalue weighted by Crippen LogP contribution is -2.48. The van der Waals surface area contributed by atoms with Crippen LogP contribution in [0.15, 0.2) is 18.3 Å². The molecule has 0 spiro atoms. The molecule has 0 aliphatic carbocycles. The second-order valence-corrected chi connectivity index (χ2v) is 7.72. The van der Waals surface area contributed by atoms with Crippen molar-refractivity contribution >= 4 is 33.1 Å². The van der Waals surface area contributed by atoms with Gasteiger partial charge in [0.15, 0.2) is 9.84 Å². The Morgan fingerprint density at radius 2 is 2.33 bits per heavy atom. The van der Waals surface area contributed by atoms with Crippen LogP contribution in [0.1, 0.15) is 6.92 Å². The summed E-state index contributed by atoms with van der Waals surface area (Å²) < 4.78 is 24.2. The molecule has 1 saturated heterocycles. The first-order valence-corrected chi connectivity index (χ1v) is 8.69. The van der Waals surface area contributed by atoms with Crippen molar-refractivity contribution in [1.29, 1.82) is 0 Å². The van der Waals surface area contributed by atoms with Crippen LogP contribution in [0.25, 0.3) is 0 Å². The highest BCUT2D eigenvalue weighted by Gasteiger charge is 2.33. The van der Waals surface area contributed by atoms with Crippen molar-refractivity contribution in [2.24, 2.45) is 0 Å². The van der Waals surface area contributed by atoms with Gasteiger partial charge in [-0.05, 0) is 12.1 Å². The van der Waals surface area contributed by atoms with E-state index in [0.29, 0.717) is 23.8 Å². The molecule has 2 N–H and O–H groups in total. The third kappa shape index (κ3) is 2.72. The number of nitrogen functional groups attached to an aromatic ring is 1. The van der Waals surface area contributed by atoms with E-state index in [1.807, 2.05) is 4.90 Å². The summed E-state index contributed by atoms with van der Waals surface area (Å²) in [6.45, 7) is 2.38. The molecule has 2 heterocycles. The van der Waals surface area contributed by atoms with Crippen molar-refractivity contribution in [3.05, 3.63) is 18.3 Å². The summed E-state index contributed by atoms with van der Waals surface area (Å²) in [5.41, 5.74) is 6.18. The average Bonchev–Trinajstić information content (AvgIpc) is 2.40. The third-order valence-corrected chi connectivity index (χ3v) is 6.26. The first kappa shape index (κ1) is 13.5. The first-order valence-electron chi connectivity index (χ1n) is 5.82. The van der Waals surface area contributed by atoms with Crippen molar-refractivity contribution in [3.63, 3.8) is 0 Å². The number of sulfone groups is 1. The van der Waals surface area contributed by atoms with Gasteiger partial charge in [0.05, 0.1) is 11.9 Å². The number of aromatic nitrogens is 1. The van der Waals surface area contributed by atoms with Gasteiger partial charge in [0.1, 0.15) is 11.2 Å². The molecular weight excluding hydrogens is 270 g/mol. The van der Waals surface area contributed by atoms with E-state index in [2.05, 4.69) is 4.98 Å². The lowest BCUT2D eigenvalue weighted by molar-refractivity contribution is 0.579. The van der Waals surface area contributed by atoms with Crippen molar-refractivity contribution in [2.45, 2.75) is 12.3 Å². The second kappa shape index (κ2) is 5.36. The van der Waals surface area contributed by atoms with Crippen molar-refractivity contribution in [1.82, 2.24) is 4.98 Å². The summed E-state index contributed by atoms with van der Waals surface area (Å²) in [4.78, 5) is 6.10. The van der Waals surface area contributed by atoms with Crippen molar-refractivity contribution < 1.29 is 8.42 Å². The number of pyridine rings is 1. The molecule has 1 aromatic rings. The van der Waals surface area contributed by atoms with Gasteiger partial charge in [0.2, 0.25) is 0 Å². The van der Waals surface area contributed by atoms with E-state index in [9.17, 15) is 8.42 Å². The normalized spacial score (nSPS) is 20.9. The smallest absolute Gasteiger partial charge is 0.171 e. The molecule has 0 amide bonds. The summed E-state index contributed by atoms with van der Waals surface area (Å²) in [5.74, 6) is 2.36. The molecule has 2 rings (SSSR count). The predicted molar refractivity (Wildman–Crippen MR) is 76.6 cm³/mol. The van der Waals surface area contributed by atoms with Crippen molar-refractivity contribution in [2.75, 3.05) is 34.4 Å². The van der Waals surface area contributed by atoms with E-state index in [-0.39, 0.29) is 5.75 Å². The van der Waals surface area contributed by atoms with E-state index < -0.39 is 15.2 Å². The topological polar surface area (TPSA) is 76.3 Å². The number of nitrogens with zero attached hydrogens (tertiary/aromatic N) is 2. The zero-order chi connectivity index (χ0) is 13.2. The standard InChI is InChI=1S/C11H17N3O2S2/c1-2-18(15,16)11-8-17-6-5-14(11)10-4-3-9(12)7-13-10/h3-4,7,11H,2,5-6,8,12H2,1H3. The maximum absolute atomic E-state index is 12.1. The lowest BCUT2D eigenvalue weighted by Gasteiger charge is -2.35. The largest absolute Gasteiger partial charge is 0.397 e. The number of nitrogens with two attached hydrogens (primary N) is 1. The molecule has 7 heteroatoms. The Labute approximate surface area is 112 Å². The fourth-order valence-electron chi connectivity index (χ4n) is 1.90. The molecule has 1 atom stereocenters. The Morgan fingerprint density at radius 3 is 2.94 bits per heavy atom. The molecule has 0 radical (unpaired) electrons. The molecule has 1 aromatic heterocycles. The Hall–Kier alpha value is -0.950. The fraction of sp³-hybridized carbons (Fsp3) is 0.545. The van der Waals surface area contributed by atoms with Crippen molar-refractivity contribution in [3.8, 4) is 0 Å². The van der Waals surface area contributed by atoms with Gasteiger partial charge in [-0.15, -0.1) is 0 Å². The SMILES string of the molecule is CCS(=O)(=O)C1CSCCN1c1ccc(N)cn1. The van der Waals surface area contributed by atoms with E-state index >= 15 is 0 Å². The summed E-state index contributed by atoms with van der Waals surface area (Å²) in [7, 11) is -3.09. The van der Waals surface area contributed by atoms with Crippen LogP contribution in [0.4, 0.5) is 11.5 Å². The van der Waals surface area contributed by atoms with Crippen LogP contribution in [0.2, 0.25) is 0 Å². The quantitative estimate of drug-likeness (QED) is 0.893. The van der Waals surface area contributed by atoms with Crippen LogP contribution in [0.5, 0.6) is 0 Å². The molecular formula is C11H17N3O2S2. The van der Waals surface area contributed by atoms with E-state index in [4.69, 9.17) is 5.73 Å². The molecule has 1 unspecified atom stereocenters. The van der Waals surface area contributed by atoms with Gasteiger partial charge in [-0.1, -0.05) is 6.92 Å². The van der Waals surface area contributed by atoms with E-state index in [1.165, 1.54) is 0 Å². The van der Waals surface area contributed by atoms with E-state index in [1.54, 1.807) is 37.0 Å². The monoisotopic (exact) mass is 287 g/mol. The number of thioether (sulfide) groups is 1. The zero-order valence-electron chi connectivity index (χ0n) is 10.2. The van der Waals surface area contributed by atoms with Gasteiger partial charge in [-0.3, -0.25) is 0 Å². The maximum atomic E-state index is 12.1. The number of hydrogen-bond donors (Lipinski definition) is 1. The van der Waals surface area contributed by atoms with Crippen LogP contribution in [0.3, 0.4) is 0 Å². The molecule has 1 aliphatic rings. The van der Waals surface area contributed by atoms with Gasteiger partial charge in [-0.25, -0.2) is 13.4 Å². The summed E-state index contributed by atoms with van der Waals surface area (Å²) >= 11 is 1.67. The second-order valence-electron chi connectivity index (χ2n) is 4.12. The first-order chi connectivity index (χ1) is 8.54. The molecule has 5 nitrogen and oxygen atoms in total. The number of anilines is 2. The molecule has 18 heavy (non-hydrogen) atoms. The Kier molecular flexibility index (Phi) is 4.01. The molecule has 0 aromatic carbocycles. The summed E-state index contributed by atoms with van der Waals surface area (Å²) in [5, 5.41) is -0.475. The minimum atomic E-state index is -3.09. The highest BCUT2D eigenvalue weighted by atomic mass is 32.2. The summed E-state index contributed by atoms with van der Waals surface area (Å²) in [6.07, 6.45) is 1.56. The van der Waals surface area contributed by atoms with Gasteiger partial charge < -0.3 is 10.6 Å². The highest BCUT2D eigenvalue weighted by molar-refractivity contribution is 8.01. The minimum absolute atomic E-state index is 0.156. The molecule has 0 bridgehead atoms. The highest BCUT2D eigenvalue weighted by Crippen LogP contribution is 2.26. The maximum Gasteiger partial charge on any atom is 0.171 e. The fourth-order valence-corrected chi connectivity index (χ4v) is 4.88. The Balaban J connectivity index is 2.31. The van der Waals surface area contributed by atoms with Gasteiger partial charge >= 0.3 is 0 Å². The third-order valence-electron chi connectivity index (χ3n) is 2.97. The van der Waals surface area contributed by atoms with Crippen LogP contribution >= 0.6 is 11.8 Å². The Morgan fingerprint density at radius 1 is 1.56 bits per heavy atom. The average molecular weight is 287 g/mol. The van der Waals surface area contributed by atoms with Crippen LogP contribution < -0.4 is 10.6 Å². The van der Waals surface area contributed by atoms with E-state index in [0.717, 1.165) is 5.75 Å². The van der Waals surface area contributed by atoms with Crippen LogP contribution in [0, 0.1) is 0 Å². The number of hydrogen-bond acceptors (Lipinski definition) is 6. The number of rotatable bonds is 3. The molecule has 100 valence electrons. The van der Waals surface area contributed by atoms with Crippen LogP contribution in [-0.4, -0.2) is 42.6 Å². The van der Waals surface area contributed by atoms with Crippen LogP contribution in [-0.2, 0) is 9.84 Å². The van der Waals surface area contributed by atoms with Gasteiger partial charge in [-0.2, -0.15) is 11.8 Å². The zero-order valence-corrected chi connectivity index (χ0v) is 11.9. The molecule has 1 fully saturated rings. The molecule has 1 aliphatic heterocycles. The Bertz CT molecular complexity index is 502. The minimum Gasteiger partial charge on any atom is -0.397 e. The molecule has 0 saturated carbocycles. The van der Waals surface area contributed by atoms with Gasteiger partial charge in [0.25, 0.3) is 0 Å². The van der Waals surface area contributed by atoms with Gasteiger partial charge in [0, 0.05) is 23.8 Å². The summed E-state index contributed by atoms with van der Waals surface area (Å²) in [6, 6.07) is 3.53. The predicted octanol–water partition coefficient (Wildman–Crippen LogP) is 0.978. The lowest BCUT2D eigenvalue weighted by atomic mass is 10.4.